The zero-order valence-corrected chi connectivity index (χ0v) is 19.9. The lowest BCUT2D eigenvalue weighted by atomic mass is 10.1. The van der Waals surface area contributed by atoms with Gasteiger partial charge in [0.15, 0.2) is 11.5 Å². The van der Waals surface area contributed by atoms with E-state index in [1.807, 2.05) is 13.8 Å². The molecule has 1 fully saturated rings. The number of benzene rings is 2. The van der Waals surface area contributed by atoms with Crippen LogP contribution in [0.1, 0.15) is 38.7 Å². The molecule has 0 saturated carbocycles. The first kappa shape index (κ1) is 25.0. The molecular weight excluding hydrogens is 449 g/mol. The lowest BCUT2D eigenvalue weighted by molar-refractivity contribution is -0.134. The first-order valence-corrected chi connectivity index (χ1v) is 12.3. The number of carbonyl (C=O) groups is 1. The van der Waals surface area contributed by atoms with Crippen molar-refractivity contribution in [1.29, 1.82) is 0 Å². The SMILES string of the molecule is COc1ccc(CN(C[C@@H]2CCCO2)C(=O)CC(C)C)cc1OS(=O)(=O)c1ccc(F)cc1. The zero-order chi connectivity index (χ0) is 24.0. The summed E-state index contributed by atoms with van der Waals surface area (Å²) in [5, 5.41) is 0. The molecule has 0 radical (unpaired) electrons. The molecule has 0 aliphatic carbocycles. The zero-order valence-electron chi connectivity index (χ0n) is 19.1. The minimum Gasteiger partial charge on any atom is -0.493 e. The van der Waals surface area contributed by atoms with Crippen LogP contribution in [-0.4, -0.2) is 45.6 Å². The van der Waals surface area contributed by atoms with Crippen LogP contribution in [0.4, 0.5) is 4.39 Å². The van der Waals surface area contributed by atoms with Gasteiger partial charge in [-0.3, -0.25) is 4.79 Å². The molecule has 180 valence electrons. The molecule has 9 heteroatoms. The second kappa shape index (κ2) is 11.0. The maximum Gasteiger partial charge on any atom is 0.339 e. The fourth-order valence-corrected chi connectivity index (χ4v) is 4.57. The summed E-state index contributed by atoms with van der Waals surface area (Å²) < 4.78 is 54.9. The van der Waals surface area contributed by atoms with E-state index < -0.39 is 15.9 Å². The number of carbonyl (C=O) groups excluding carboxylic acids is 1. The van der Waals surface area contributed by atoms with Crippen LogP contribution in [0.25, 0.3) is 0 Å². The first-order chi connectivity index (χ1) is 15.7. The largest absolute Gasteiger partial charge is 0.493 e. The van der Waals surface area contributed by atoms with E-state index in [9.17, 15) is 17.6 Å². The van der Waals surface area contributed by atoms with E-state index in [0.29, 0.717) is 25.1 Å². The van der Waals surface area contributed by atoms with Crippen LogP contribution in [0.2, 0.25) is 0 Å². The Kier molecular flexibility index (Phi) is 8.31. The maximum atomic E-state index is 13.2. The van der Waals surface area contributed by atoms with E-state index in [2.05, 4.69) is 0 Å². The molecule has 0 spiro atoms. The number of rotatable bonds is 10. The van der Waals surface area contributed by atoms with Crippen molar-refractivity contribution in [3.8, 4) is 11.5 Å². The first-order valence-electron chi connectivity index (χ1n) is 10.9. The Morgan fingerprint density at radius 3 is 2.52 bits per heavy atom. The molecule has 2 aromatic carbocycles. The van der Waals surface area contributed by atoms with Crippen molar-refractivity contribution in [1.82, 2.24) is 4.90 Å². The molecule has 2 aromatic rings. The summed E-state index contributed by atoms with van der Waals surface area (Å²) >= 11 is 0. The third-order valence-electron chi connectivity index (χ3n) is 5.29. The second-order valence-corrected chi connectivity index (χ2v) is 10.0. The van der Waals surface area contributed by atoms with Gasteiger partial charge in [0.25, 0.3) is 0 Å². The molecule has 33 heavy (non-hydrogen) atoms. The van der Waals surface area contributed by atoms with Crippen LogP contribution in [0.15, 0.2) is 47.4 Å². The molecule has 1 aliphatic rings. The summed E-state index contributed by atoms with van der Waals surface area (Å²) in [4.78, 5) is 14.5. The topological polar surface area (TPSA) is 82.1 Å². The molecule has 0 N–H and O–H groups in total. The molecule has 0 bridgehead atoms. The van der Waals surface area contributed by atoms with Crippen molar-refractivity contribution in [2.45, 2.75) is 50.7 Å². The minimum absolute atomic E-state index is 0.00562. The molecule has 7 nitrogen and oxygen atoms in total. The number of amides is 1. The van der Waals surface area contributed by atoms with Gasteiger partial charge in [-0.1, -0.05) is 19.9 Å². The van der Waals surface area contributed by atoms with Gasteiger partial charge in [-0.05, 0) is 60.7 Å². The van der Waals surface area contributed by atoms with Gasteiger partial charge in [-0.15, -0.1) is 0 Å². The Bertz CT molecular complexity index is 1050. The van der Waals surface area contributed by atoms with Crippen LogP contribution < -0.4 is 8.92 Å². The van der Waals surface area contributed by atoms with Gasteiger partial charge < -0.3 is 18.6 Å². The summed E-state index contributed by atoms with van der Waals surface area (Å²) in [6.07, 6.45) is 2.27. The van der Waals surface area contributed by atoms with E-state index in [1.54, 1.807) is 23.1 Å². The van der Waals surface area contributed by atoms with Crippen molar-refractivity contribution in [2.75, 3.05) is 20.3 Å². The number of halogens is 1. The van der Waals surface area contributed by atoms with Gasteiger partial charge in [-0.2, -0.15) is 8.42 Å². The van der Waals surface area contributed by atoms with E-state index >= 15 is 0 Å². The molecule has 0 aromatic heterocycles. The van der Waals surface area contributed by atoms with E-state index in [4.69, 9.17) is 13.7 Å². The van der Waals surface area contributed by atoms with Crippen LogP contribution in [0, 0.1) is 11.7 Å². The highest BCUT2D eigenvalue weighted by molar-refractivity contribution is 7.87. The predicted molar refractivity (Wildman–Crippen MR) is 121 cm³/mol. The average molecular weight is 480 g/mol. The Hall–Kier alpha value is -2.65. The Morgan fingerprint density at radius 1 is 1.18 bits per heavy atom. The van der Waals surface area contributed by atoms with Gasteiger partial charge in [-0.25, -0.2) is 4.39 Å². The van der Waals surface area contributed by atoms with Gasteiger partial charge in [0.1, 0.15) is 10.7 Å². The highest BCUT2D eigenvalue weighted by Crippen LogP contribution is 2.31. The third kappa shape index (κ3) is 6.91. The van der Waals surface area contributed by atoms with Crippen LogP contribution in [-0.2, 0) is 26.2 Å². The number of methoxy groups -OCH3 is 1. The van der Waals surface area contributed by atoms with E-state index in [0.717, 1.165) is 37.1 Å². The van der Waals surface area contributed by atoms with Gasteiger partial charge >= 0.3 is 10.1 Å². The van der Waals surface area contributed by atoms with Gasteiger partial charge in [0, 0.05) is 26.1 Å². The average Bonchev–Trinajstić information content (AvgIpc) is 3.26. The highest BCUT2D eigenvalue weighted by atomic mass is 32.2. The summed E-state index contributed by atoms with van der Waals surface area (Å²) in [6, 6.07) is 9.28. The predicted octanol–water partition coefficient (Wildman–Crippen LogP) is 4.16. The monoisotopic (exact) mass is 479 g/mol. The molecule has 1 heterocycles. The highest BCUT2D eigenvalue weighted by Gasteiger charge is 2.24. The number of ether oxygens (including phenoxy) is 2. The Morgan fingerprint density at radius 2 is 1.91 bits per heavy atom. The second-order valence-electron chi connectivity index (χ2n) is 8.48. The fourth-order valence-electron chi connectivity index (χ4n) is 3.64. The van der Waals surface area contributed by atoms with Gasteiger partial charge in [0.2, 0.25) is 5.91 Å². The van der Waals surface area contributed by atoms with Gasteiger partial charge in [0.05, 0.1) is 13.2 Å². The number of nitrogens with zero attached hydrogens (tertiary/aromatic N) is 1. The molecule has 1 amide bonds. The van der Waals surface area contributed by atoms with E-state index in [1.165, 1.54) is 7.11 Å². The molecule has 1 saturated heterocycles. The lowest BCUT2D eigenvalue weighted by Crippen LogP contribution is -2.37. The molecule has 1 aliphatic heterocycles. The third-order valence-corrected chi connectivity index (χ3v) is 6.54. The van der Waals surface area contributed by atoms with Crippen LogP contribution >= 0.6 is 0 Å². The van der Waals surface area contributed by atoms with Crippen molar-refractivity contribution >= 4 is 16.0 Å². The molecule has 1 atom stereocenters. The van der Waals surface area contributed by atoms with E-state index in [-0.39, 0.29) is 40.9 Å². The van der Waals surface area contributed by atoms with Crippen molar-refractivity contribution < 1.29 is 31.3 Å². The van der Waals surface area contributed by atoms with Crippen LogP contribution in [0.3, 0.4) is 0 Å². The van der Waals surface area contributed by atoms with Crippen molar-refractivity contribution in [3.63, 3.8) is 0 Å². The lowest BCUT2D eigenvalue weighted by Gasteiger charge is -2.26. The summed E-state index contributed by atoms with van der Waals surface area (Å²) in [7, 11) is -2.80. The summed E-state index contributed by atoms with van der Waals surface area (Å²) in [5.41, 5.74) is 0.690. The van der Waals surface area contributed by atoms with Crippen molar-refractivity contribution in [3.05, 3.63) is 53.8 Å². The molecule has 0 unspecified atom stereocenters. The Labute approximate surface area is 194 Å². The minimum atomic E-state index is -4.21. The fraction of sp³-hybridized carbons (Fsp3) is 0.458. The summed E-state index contributed by atoms with van der Waals surface area (Å²) in [5.74, 6) is -0.111. The molecular formula is C24H30FNO6S. The van der Waals surface area contributed by atoms with Crippen LogP contribution in [0.5, 0.6) is 11.5 Å². The normalized spacial score (nSPS) is 16.1. The number of hydrogen-bond acceptors (Lipinski definition) is 6. The quantitative estimate of drug-likeness (QED) is 0.476. The number of hydrogen-bond donors (Lipinski definition) is 0. The smallest absolute Gasteiger partial charge is 0.339 e. The maximum absolute atomic E-state index is 13.2. The van der Waals surface area contributed by atoms with Crippen molar-refractivity contribution in [2.24, 2.45) is 5.92 Å². The summed E-state index contributed by atoms with van der Waals surface area (Å²) in [6.45, 7) is 5.42. The Balaban J connectivity index is 1.84. The molecule has 3 rings (SSSR count). The standard InChI is InChI=1S/C24H30FNO6S/c1-17(2)13-24(27)26(16-20-5-4-12-31-20)15-18-6-11-22(30-3)23(14-18)32-33(28,29)21-9-7-19(25)8-10-21/h6-11,14,17,20H,4-5,12-13,15-16H2,1-3H3/t20-/m0/s1.